The monoisotopic (exact) mass is 335 g/mol. The molecule has 0 aliphatic heterocycles. The average molecular weight is 335 g/mol. The Morgan fingerprint density at radius 2 is 1.78 bits per heavy atom. The van der Waals surface area contributed by atoms with E-state index in [2.05, 4.69) is 9.46 Å². The van der Waals surface area contributed by atoms with Crippen LogP contribution in [0.1, 0.15) is 15.9 Å². The van der Waals surface area contributed by atoms with Gasteiger partial charge in [-0.15, -0.1) is 0 Å². The third-order valence-electron chi connectivity index (χ3n) is 3.19. The van der Waals surface area contributed by atoms with Gasteiger partial charge in [0.1, 0.15) is 10.6 Å². The van der Waals surface area contributed by atoms with Crippen LogP contribution in [0.4, 0.5) is 5.69 Å². The standard InChI is InChI=1S/C16H17NO5S/c1-11-8-9-14(21-2)15(10-11)23(19,20)17-13-7-5-4-6-12(13)16(18)22-3/h4-10,17H,1-3H3. The Hall–Kier alpha value is -2.54. The number of anilines is 1. The highest BCUT2D eigenvalue weighted by Crippen LogP contribution is 2.28. The van der Waals surface area contributed by atoms with E-state index in [1.807, 2.05) is 0 Å². The van der Waals surface area contributed by atoms with Gasteiger partial charge in [0, 0.05) is 0 Å². The summed E-state index contributed by atoms with van der Waals surface area (Å²) in [6.45, 7) is 1.78. The first kappa shape index (κ1) is 16.8. The second kappa shape index (κ2) is 6.70. The number of para-hydroxylation sites is 1. The molecule has 2 rings (SSSR count). The Morgan fingerprint density at radius 3 is 2.43 bits per heavy atom. The van der Waals surface area contributed by atoms with Gasteiger partial charge in [-0.2, -0.15) is 0 Å². The summed E-state index contributed by atoms with van der Waals surface area (Å²) in [4.78, 5) is 11.8. The van der Waals surface area contributed by atoms with Crippen LogP contribution in [0.25, 0.3) is 0 Å². The molecule has 0 aromatic heterocycles. The number of benzene rings is 2. The zero-order valence-electron chi connectivity index (χ0n) is 13.0. The summed E-state index contributed by atoms with van der Waals surface area (Å²) in [5, 5.41) is 0. The molecule has 0 spiro atoms. The molecule has 6 nitrogen and oxygen atoms in total. The van der Waals surface area contributed by atoms with E-state index in [0.717, 1.165) is 5.56 Å². The fraction of sp³-hybridized carbons (Fsp3) is 0.188. The van der Waals surface area contributed by atoms with Crippen molar-refractivity contribution in [1.82, 2.24) is 0 Å². The third-order valence-corrected chi connectivity index (χ3v) is 4.57. The Kier molecular flexibility index (Phi) is 4.90. The molecule has 0 amide bonds. The number of aryl methyl sites for hydroxylation is 1. The maximum absolute atomic E-state index is 12.7. The van der Waals surface area contributed by atoms with Gasteiger partial charge in [0.2, 0.25) is 0 Å². The molecular formula is C16H17NO5S. The summed E-state index contributed by atoms with van der Waals surface area (Å²) in [6, 6.07) is 11.1. The molecule has 0 heterocycles. The lowest BCUT2D eigenvalue weighted by molar-refractivity contribution is 0.0602. The smallest absolute Gasteiger partial charge is 0.339 e. The minimum Gasteiger partial charge on any atom is -0.495 e. The van der Waals surface area contributed by atoms with Gasteiger partial charge < -0.3 is 9.47 Å². The van der Waals surface area contributed by atoms with Crippen LogP contribution >= 0.6 is 0 Å². The number of carbonyl (C=O) groups excluding carboxylic acids is 1. The van der Waals surface area contributed by atoms with Crippen LogP contribution in [0, 0.1) is 6.92 Å². The van der Waals surface area contributed by atoms with Crippen LogP contribution in [-0.4, -0.2) is 28.6 Å². The number of carbonyl (C=O) groups is 1. The highest BCUT2D eigenvalue weighted by molar-refractivity contribution is 7.92. The van der Waals surface area contributed by atoms with Crippen molar-refractivity contribution in [2.24, 2.45) is 0 Å². The molecule has 0 aliphatic rings. The molecule has 1 N–H and O–H groups in total. The Balaban J connectivity index is 2.48. The molecule has 2 aromatic carbocycles. The first-order valence-corrected chi connectivity index (χ1v) is 8.22. The fourth-order valence-electron chi connectivity index (χ4n) is 2.05. The molecule has 0 unspecified atom stereocenters. The van der Waals surface area contributed by atoms with E-state index in [-0.39, 0.29) is 21.9 Å². The van der Waals surface area contributed by atoms with E-state index in [9.17, 15) is 13.2 Å². The van der Waals surface area contributed by atoms with Crippen molar-refractivity contribution in [3.05, 3.63) is 53.6 Å². The fourth-order valence-corrected chi connectivity index (χ4v) is 3.39. The second-order valence-electron chi connectivity index (χ2n) is 4.80. The lowest BCUT2D eigenvalue weighted by Crippen LogP contribution is -2.17. The number of sulfonamides is 1. The van der Waals surface area contributed by atoms with Crippen molar-refractivity contribution in [1.29, 1.82) is 0 Å². The zero-order valence-corrected chi connectivity index (χ0v) is 13.8. The summed E-state index contributed by atoms with van der Waals surface area (Å²) in [5.41, 5.74) is 1.04. The van der Waals surface area contributed by atoms with E-state index < -0.39 is 16.0 Å². The minimum atomic E-state index is -3.93. The summed E-state index contributed by atoms with van der Waals surface area (Å²) < 4.78 is 37.5. The zero-order chi connectivity index (χ0) is 17.0. The first-order valence-electron chi connectivity index (χ1n) is 6.74. The first-order chi connectivity index (χ1) is 10.9. The van der Waals surface area contributed by atoms with Gasteiger partial charge in [0.15, 0.2) is 0 Å². The van der Waals surface area contributed by atoms with Crippen LogP contribution in [0.15, 0.2) is 47.4 Å². The highest BCUT2D eigenvalue weighted by Gasteiger charge is 2.22. The molecule has 122 valence electrons. The molecule has 0 fully saturated rings. The lowest BCUT2D eigenvalue weighted by atomic mass is 10.2. The minimum absolute atomic E-state index is 0.000307. The Bertz CT molecular complexity index is 830. The maximum Gasteiger partial charge on any atom is 0.339 e. The van der Waals surface area contributed by atoms with E-state index >= 15 is 0 Å². The molecule has 0 radical (unpaired) electrons. The van der Waals surface area contributed by atoms with Crippen LogP contribution in [0.3, 0.4) is 0 Å². The van der Waals surface area contributed by atoms with E-state index in [4.69, 9.17) is 4.74 Å². The van der Waals surface area contributed by atoms with Crippen LogP contribution in [0.2, 0.25) is 0 Å². The van der Waals surface area contributed by atoms with Gasteiger partial charge in [0.05, 0.1) is 25.5 Å². The number of hydrogen-bond acceptors (Lipinski definition) is 5. The van der Waals surface area contributed by atoms with Gasteiger partial charge in [-0.05, 0) is 36.8 Å². The lowest BCUT2D eigenvalue weighted by Gasteiger charge is -2.14. The largest absolute Gasteiger partial charge is 0.495 e. The molecular weight excluding hydrogens is 318 g/mol. The summed E-state index contributed by atoms with van der Waals surface area (Å²) in [6.07, 6.45) is 0. The van der Waals surface area contributed by atoms with Crippen LogP contribution in [-0.2, 0) is 14.8 Å². The van der Waals surface area contributed by atoms with Gasteiger partial charge in [-0.1, -0.05) is 18.2 Å². The number of ether oxygens (including phenoxy) is 2. The van der Waals surface area contributed by atoms with Crippen molar-refractivity contribution in [2.75, 3.05) is 18.9 Å². The van der Waals surface area contributed by atoms with Gasteiger partial charge in [-0.3, -0.25) is 4.72 Å². The average Bonchev–Trinajstić information content (AvgIpc) is 2.54. The van der Waals surface area contributed by atoms with Gasteiger partial charge >= 0.3 is 5.97 Å². The van der Waals surface area contributed by atoms with E-state index in [1.165, 1.54) is 32.4 Å². The second-order valence-corrected chi connectivity index (χ2v) is 6.45. The van der Waals surface area contributed by atoms with Gasteiger partial charge in [0.25, 0.3) is 10.0 Å². The predicted molar refractivity (Wildman–Crippen MR) is 86.3 cm³/mol. The normalized spacial score (nSPS) is 10.9. The topological polar surface area (TPSA) is 81.7 Å². The van der Waals surface area contributed by atoms with E-state index in [0.29, 0.717) is 0 Å². The number of esters is 1. The quantitative estimate of drug-likeness (QED) is 0.849. The summed E-state index contributed by atoms with van der Waals surface area (Å²) in [5.74, 6) is -0.404. The maximum atomic E-state index is 12.7. The molecule has 0 aliphatic carbocycles. The third kappa shape index (κ3) is 3.62. The molecule has 2 aromatic rings. The molecule has 23 heavy (non-hydrogen) atoms. The SMILES string of the molecule is COC(=O)c1ccccc1NS(=O)(=O)c1cc(C)ccc1OC. The van der Waals surface area contributed by atoms with E-state index in [1.54, 1.807) is 31.2 Å². The molecule has 7 heteroatoms. The number of methoxy groups -OCH3 is 2. The van der Waals surface area contributed by atoms with Crippen LogP contribution in [0.5, 0.6) is 5.75 Å². The molecule has 0 saturated heterocycles. The van der Waals surface area contributed by atoms with Crippen molar-refractivity contribution < 1.29 is 22.7 Å². The summed E-state index contributed by atoms with van der Waals surface area (Å²) in [7, 11) is -1.30. The van der Waals surface area contributed by atoms with Gasteiger partial charge in [-0.25, -0.2) is 13.2 Å². The van der Waals surface area contributed by atoms with Crippen molar-refractivity contribution >= 4 is 21.7 Å². The predicted octanol–water partition coefficient (Wildman–Crippen LogP) is 2.59. The van der Waals surface area contributed by atoms with Crippen molar-refractivity contribution in [3.8, 4) is 5.75 Å². The van der Waals surface area contributed by atoms with Crippen molar-refractivity contribution in [3.63, 3.8) is 0 Å². The number of nitrogens with one attached hydrogen (secondary N) is 1. The number of hydrogen-bond donors (Lipinski definition) is 1. The Labute approximate surface area is 135 Å². The molecule has 0 atom stereocenters. The summed E-state index contributed by atoms with van der Waals surface area (Å²) >= 11 is 0. The molecule has 0 saturated carbocycles. The van der Waals surface area contributed by atoms with Crippen molar-refractivity contribution in [2.45, 2.75) is 11.8 Å². The van der Waals surface area contributed by atoms with Crippen LogP contribution < -0.4 is 9.46 Å². The number of rotatable bonds is 5. The Morgan fingerprint density at radius 1 is 1.09 bits per heavy atom. The highest BCUT2D eigenvalue weighted by atomic mass is 32.2. The molecule has 0 bridgehead atoms.